The number of ether oxygens (including phenoxy) is 1. The summed E-state index contributed by atoms with van der Waals surface area (Å²) in [4.78, 5) is 13.3. The van der Waals surface area contributed by atoms with E-state index in [4.69, 9.17) is 4.74 Å². The number of nitrogens with zero attached hydrogens (tertiary/aromatic N) is 1. The zero-order valence-electron chi connectivity index (χ0n) is 10.3. The Labute approximate surface area is 92.0 Å². The van der Waals surface area contributed by atoms with Crippen LogP contribution in [0.3, 0.4) is 0 Å². The fourth-order valence-electron chi connectivity index (χ4n) is 1.54. The molecular formula is C11H22N2O2. The summed E-state index contributed by atoms with van der Waals surface area (Å²) in [6, 6.07) is 0.462. The number of amides is 1. The molecule has 0 unspecified atom stereocenters. The van der Waals surface area contributed by atoms with E-state index in [9.17, 15) is 4.79 Å². The van der Waals surface area contributed by atoms with Crippen LogP contribution in [-0.2, 0) is 4.74 Å². The lowest BCUT2D eigenvalue weighted by atomic mass is 9.93. The first-order chi connectivity index (χ1) is 6.83. The molecule has 0 aliphatic carbocycles. The molecule has 1 amide bonds. The lowest BCUT2D eigenvalue weighted by Crippen LogP contribution is -2.57. The molecule has 1 fully saturated rings. The Balaban J connectivity index is 2.30. The molecule has 1 heterocycles. The van der Waals surface area contributed by atoms with Gasteiger partial charge in [0.15, 0.2) is 0 Å². The van der Waals surface area contributed by atoms with Gasteiger partial charge in [0.05, 0.1) is 0 Å². The fraction of sp³-hybridized carbons (Fsp3) is 0.909. The van der Waals surface area contributed by atoms with Gasteiger partial charge >= 0.3 is 6.09 Å². The molecule has 1 saturated heterocycles. The van der Waals surface area contributed by atoms with E-state index in [1.807, 2.05) is 27.8 Å². The minimum atomic E-state index is -0.392. The molecule has 1 N–H and O–H groups in total. The van der Waals surface area contributed by atoms with E-state index in [0.29, 0.717) is 12.0 Å². The third-order valence-electron chi connectivity index (χ3n) is 2.72. The summed E-state index contributed by atoms with van der Waals surface area (Å²) in [7, 11) is 1.95. The van der Waals surface area contributed by atoms with E-state index in [2.05, 4.69) is 12.2 Å². The average molecular weight is 214 g/mol. The summed E-state index contributed by atoms with van der Waals surface area (Å²) in [6.07, 6.45) is -0.193. The minimum Gasteiger partial charge on any atom is -0.444 e. The van der Waals surface area contributed by atoms with Crippen molar-refractivity contribution in [2.45, 2.75) is 39.3 Å². The van der Waals surface area contributed by atoms with Crippen molar-refractivity contribution in [3.63, 3.8) is 0 Å². The number of carbonyl (C=O) groups excluding carboxylic acids is 1. The number of nitrogens with one attached hydrogen (secondary N) is 1. The SMILES string of the molecule is CN[C@H](C)C1CN(C(=O)OC(C)(C)C)C1. The molecule has 4 heteroatoms. The van der Waals surface area contributed by atoms with Crippen molar-refractivity contribution in [3.8, 4) is 0 Å². The molecule has 0 spiro atoms. The maximum absolute atomic E-state index is 11.6. The van der Waals surface area contributed by atoms with Gasteiger partial charge in [-0.1, -0.05) is 0 Å². The Morgan fingerprint density at radius 3 is 2.40 bits per heavy atom. The predicted molar refractivity (Wildman–Crippen MR) is 59.8 cm³/mol. The van der Waals surface area contributed by atoms with Crippen LogP contribution in [0.15, 0.2) is 0 Å². The normalized spacial score (nSPS) is 19.7. The monoisotopic (exact) mass is 214 g/mol. The second-order valence-electron chi connectivity index (χ2n) is 5.22. The Morgan fingerprint density at radius 1 is 1.47 bits per heavy atom. The predicted octanol–water partition coefficient (Wildman–Crippen LogP) is 1.46. The van der Waals surface area contributed by atoms with Crippen LogP contribution in [0.25, 0.3) is 0 Å². The maximum Gasteiger partial charge on any atom is 0.410 e. The van der Waals surface area contributed by atoms with Gasteiger partial charge in [-0.25, -0.2) is 4.79 Å². The summed E-state index contributed by atoms with van der Waals surface area (Å²) in [5.41, 5.74) is -0.392. The summed E-state index contributed by atoms with van der Waals surface area (Å²) < 4.78 is 5.27. The molecular weight excluding hydrogens is 192 g/mol. The second kappa shape index (κ2) is 4.39. The number of hydrogen-bond donors (Lipinski definition) is 1. The first-order valence-electron chi connectivity index (χ1n) is 5.48. The molecule has 88 valence electrons. The maximum atomic E-state index is 11.6. The highest BCUT2D eigenvalue weighted by Gasteiger charge is 2.35. The van der Waals surface area contributed by atoms with Gasteiger partial charge in [-0.15, -0.1) is 0 Å². The van der Waals surface area contributed by atoms with E-state index in [1.54, 1.807) is 4.90 Å². The number of rotatable bonds is 2. The molecule has 1 aliphatic rings. The van der Waals surface area contributed by atoms with Gasteiger partial charge in [0, 0.05) is 25.0 Å². The van der Waals surface area contributed by atoms with Gasteiger partial charge in [-0.2, -0.15) is 0 Å². The Hall–Kier alpha value is -0.770. The van der Waals surface area contributed by atoms with Crippen molar-refractivity contribution >= 4 is 6.09 Å². The first-order valence-corrected chi connectivity index (χ1v) is 5.48. The summed E-state index contributed by atoms with van der Waals surface area (Å²) >= 11 is 0. The second-order valence-corrected chi connectivity index (χ2v) is 5.22. The van der Waals surface area contributed by atoms with Gasteiger partial charge in [-0.3, -0.25) is 0 Å². The largest absolute Gasteiger partial charge is 0.444 e. The highest BCUT2D eigenvalue weighted by Crippen LogP contribution is 2.21. The van der Waals surface area contributed by atoms with E-state index < -0.39 is 5.60 Å². The van der Waals surface area contributed by atoms with Crippen LogP contribution < -0.4 is 5.32 Å². The van der Waals surface area contributed by atoms with Crippen LogP contribution in [0.5, 0.6) is 0 Å². The van der Waals surface area contributed by atoms with Gasteiger partial charge in [0.2, 0.25) is 0 Å². The van der Waals surface area contributed by atoms with Crippen molar-refractivity contribution in [2.75, 3.05) is 20.1 Å². The van der Waals surface area contributed by atoms with Crippen molar-refractivity contribution in [3.05, 3.63) is 0 Å². The third-order valence-corrected chi connectivity index (χ3v) is 2.72. The average Bonchev–Trinajstić information content (AvgIpc) is 1.97. The zero-order valence-corrected chi connectivity index (χ0v) is 10.3. The number of carbonyl (C=O) groups is 1. The lowest BCUT2D eigenvalue weighted by Gasteiger charge is -2.42. The molecule has 4 nitrogen and oxygen atoms in total. The molecule has 0 radical (unpaired) electrons. The Morgan fingerprint density at radius 2 is 2.00 bits per heavy atom. The van der Waals surface area contributed by atoms with Gasteiger partial charge < -0.3 is 15.0 Å². The summed E-state index contributed by atoms with van der Waals surface area (Å²) in [6.45, 7) is 9.40. The highest BCUT2D eigenvalue weighted by atomic mass is 16.6. The highest BCUT2D eigenvalue weighted by molar-refractivity contribution is 5.69. The lowest BCUT2D eigenvalue weighted by molar-refractivity contribution is -0.00529. The molecule has 15 heavy (non-hydrogen) atoms. The first kappa shape index (κ1) is 12.3. The standard InChI is InChI=1S/C11H22N2O2/c1-8(12-5)9-6-13(7-9)10(14)15-11(2,3)4/h8-9,12H,6-7H2,1-5H3/t8-/m1/s1. The smallest absolute Gasteiger partial charge is 0.410 e. The Kier molecular flexibility index (Phi) is 3.60. The topological polar surface area (TPSA) is 41.6 Å². The van der Waals surface area contributed by atoms with E-state index in [-0.39, 0.29) is 6.09 Å². The summed E-state index contributed by atoms with van der Waals surface area (Å²) in [5.74, 6) is 0.558. The molecule has 1 rings (SSSR count). The van der Waals surface area contributed by atoms with Crippen LogP contribution >= 0.6 is 0 Å². The molecule has 0 saturated carbocycles. The molecule has 0 aromatic rings. The van der Waals surface area contributed by atoms with Crippen molar-refractivity contribution < 1.29 is 9.53 Å². The van der Waals surface area contributed by atoms with Crippen LogP contribution in [0.4, 0.5) is 4.79 Å². The molecule has 1 aliphatic heterocycles. The van der Waals surface area contributed by atoms with Gasteiger partial charge in [0.1, 0.15) is 5.60 Å². The van der Waals surface area contributed by atoms with E-state index >= 15 is 0 Å². The molecule has 0 aromatic heterocycles. The van der Waals surface area contributed by atoms with E-state index in [1.165, 1.54) is 0 Å². The number of likely N-dealkylation sites (tertiary alicyclic amines) is 1. The van der Waals surface area contributed by atoms with Crippen molar-refractivity contribution in [2.24, 2.45) is 5.92 Å². The van der Waals surface area contributed by atoms with Crippen LogP contribution in [0.2, 0.25) is 0 Å². The minimum absolute atomic E-state index is 0.193. The van der Waals surface area contributed by atoms with Crippen LogP contribution in [-0.4, -0.2) is 42.8 Å². The quantitative estimate of drug-likeness (QED) is 0.756. The van der Waals surface area contributed by atoms with E-state index in [0.717, 1.165) is 13.1 Å². The van der Waals surface area contributed by atoms with Crippen LogP contribution in [0.1, 0.15) is 27.7 Å². The van der Waals surface area contributed by atoms with Gasteiger partial charge in [-0.05, 0) is 34.7 Å². The summed E-state index contributed by atoms with van der Waals surface area (Å²) in [5, 5.41) is 3.20. The van der Waals surface area contributed by atoms with Crippen LogP contribution in [0, 0.1) is 5.92 Å². The third kappa shape index (κ3) is 3.38. The van der Waals surface area contributed by atoms with Gasteiger partial charge in [0.25, 0.3) is 0 Å². The molecule has 1 atom stereocenters. The molecule has 0 bridgehead atoms. The zero-order chi connectivity index (χ0) is 11.6. The molecule has 0 aromatic carbocycles. The number of hydrogen-bond acceptors (Lipinski definition) is 3. The fourth-order valence-corrected chi connectivity index (χ4v) is 1.54. The van der Waals surface area contributed by atoms with Crippen molar-refractivity contribution in [1.82, 2.24) is 10.2 Å². The van der Waals surface area contributed by atoms with Crippen molar-refractivity contribution in [1.29, 1.82) is 0 Å². The Bertz CT molecular complexity index is 229.